The van der Waals surface area contributed by atoms with Gasteiger partial charge in [0.05, 0.1) is 22.8 Å². The molecule has 2 fully saturated rings. The summed E-state index contributed by atoms with van der Waals surface area (Å²) in [4.78, 5) is 32.4. The average molecular weight is 639 g/mol. The molecule has 2 amide bonds. The molecule has 0 radical (unpaired) electrons. The third-order valence-corrected chi connectivity index (χ3v) is 9.48. The lowest BCUT2D eigenvalue weighted by atomic mass is 9.62. The Labute approximate surface area is 261 Å². The van der Waals surface area contributed by atoms with Crippen molar-refractivity contribution in [2.75, 3.05) is 51.3 Å². The van der Waals surface area contributed by atoms with Crippen LogP contribution in [-0.4, -0.2) is 84.8 Å². The first-order valence-electron chi connectivity index (χ1n) is 14.7. The number of carbonyl (C=O) groups is 2. The molecule has 8 nitrogen and oxygen atoms in total. The van der Waals surface area contributed by atoms with Gasteiger partial charge in [-0.05, 0) is 60.2 Å². The third kappa shape index (κ3) is 6.28. The van der Waals surface area contributed by atoms with Crippen LogP contribution in [0, 0.1) is 17.0 Å². The summed E-state index contributed by atoms with van der Waals surface area (Å²) >= 11 is 12.3. The Morgan fingerprint density at radius 1 is 1.07 bits per heavy atom. The maximum atomic E-state index is 15.0. The molecule has 2 aromatic carbocycles. The molecule has 0 saturated carbocycles. The molecule has 43 heavy (non-hydrogen) atoms. The molecular formula is C31H39Cl2F2N5O3. The standard InChI is InChI=1S/C31H39Cl2F2N5O3/c1-30(2,3)16-25-31(19-14-23(35)21(33)15-24(19)37-29(31)43)26(18-5-6-22(34)20(32)13-18)27(38-25)28(42)36-7-4-8-39-9-11-40(17-41)12-10-39/h5-6,13-15,25-27,38,41H,4,7-12,16-17H2,1-3H3,(H,36,42)(H,37,43)/t25-,26+,27-,31+/m1/s1. The van der Waals surface area contributed by atoms with Crippen LogP contribution in [0.2, 0.25) is 10.0 Å². The minimum absolute atomic E-state index is 0.0542. The molecule has 0 bridgehead atoms. The second kappa shape index (κ2) is 12.6. The number of anilines is 1. The van der Waals surface area contributed by atoms with Crippen molar-refractivity contribution >= 4 is 40.7 Å². The maximum Gasteiger partial charge on any atom is 0.237 e. The van der Waals surface area contributed by atoms with Crippen molar-refractivity contribution < 1.29 is 23.5 Å². The van der Waals surface area contributed by atoms with Crippen molar-refractivity contribution in [2.45, 2.75) is 57.0 Å². The van der Waals surface area contributed by atoms with E-state index in [1.807, 2.05) is 25.7 Å². The molecule has 0 aromatic heterocycles. The summed E-state index contributed by atoms with van der Waals surface area (Å²) in [5, 5.41) is 18.5. The first-order chi connectivity index (χ1) is 20.3. The van der Waals surface area contributed by atoms with Crippen molar-refractivity contribution in [1.29, 1.82) is 0 Å². The SMILES string of the molecule is CC(C)(C)C[C@H]1N[C@@H](C(=O)NCCCN2CCN(CO)CC2)[C@H](c2ccc(F)c(Cl)c2)[C@@]12C(=O)Nc1cc(Cl)c(F)cc12. The quantitative estimate of drug-likeness (QED) is 0.326. The fourth-order valence-corrected chi connectivity index (χ4v) is 7.27. The van der Waals surface area contributed by atoms with E-state index in [1.165, 1.54) is 24.3 Å². The van der Waals surface area contributed by atoms with Crippen molar-refractivity contribution in [3.05, 3.63) is 63.1 Å². The first-order valence-corrected chi connectivity index (χ1v) is 15.5. The Morgan fingerprint density at radius 2 is 1.74 bits per heavy atom. The van der Waals surface area contributed by atoms with Gasteiger partial charge < -0.3 is 26.0 Å². The number of nitrogens with one attached hydrogen (secondary N) is 3. The number of carbonyl (C=O) groups excluding carboxylic acids is 2. The molecular weight excluding hydrogens is 599 g/mol. The summed E-state index contributed by atoms with van der Waals surface area (Å²) in [7, 11) is 0. The number of hydrogen-bond acceptors (Lipinski definition) is 6. The number of benzene rings is 2. The van der Waals surface area contributed by atoms with E-state index in [2.05, 4.69) is 20.9 Å². The van der Waals surface area contributed by atoms with E-state index in [9.17, 15) is 19.1 Å². The topological polar surface area (TPSA) is 96.9 Å². The van der Waals surface area contributed by atoms with E-state index in [0.717, 1.165) is 32.7 Å². The summed E-state index contributed by atoms with van der Waals surface area (Å²) in [5.41, 5.74) is -0.379. The van der Waals surface area contributed by atoms with E-state index < -0.39 is 35.1 Å². The summed E-state index contributed by atoms with van der Waals surface area (Å²) in [6.45, 7) is 10.7. The maximum absolute atomic E-state index is 15.0. The summed E-state index contributed by atoms with van der Waals surface area (Å²) in [5.74, 6) is -2.80. The molecule has 2 saturated heterocycles. The highest BCUT2D eigenvalue weighted by Crippen LogP contribution is 2.57. The van der Waals surface area contributed by atoms with E-state index in [0.29, 0.717) is 36.2 Å². The van der Waals surface area contributed by atoms with Gasteiger partial charge in [0, 0.05) is 50.4 Å². The first kappa shape index (κ1) is 32.1. The minimum Gasteiger partial charge on any atom is -0.381 e. The second-order valence-electron chi connectivity index (χ2n) is 13.0. The van der Waals surface area contributed by atoms with Gasteiger partial charge in [0.1, 0.15) is 17.0 Å². The minimum atomic E-state index is -1.40. The lowest BCUT2D eigenvalue weighted by Crippen LogP contribution is -2.49. The van der Waals surface area contributed by atoms with E-state index in [4.69, 9.17) is 23.2 Å². The number of fused-ring (bicyclic) bond motifs is 2. The van der Waals surface area contributed by atoms with Crippen LogP contribution in [0.1, 0.15) is 50.7 Å². The van der Waals surface area contributed by atoms with Crippen molar-refractivity contribution in [3.63, 3.8) is 0 Å². The lowest BCUT2D eigenvalue weighted by molar-refractivity contribution is -0.123. The van der Waals surface area contributed by atoms with Crippen LogP contribution in [0.4, 0.5) is 14.5 Å². The Hall–Kier alpha value is -2.34. The Balaban J connectivity index is 1.48. The van der Waals surface area contributed by atoms with Crippen LogP contribution < -0.4 is 16.0 Å². The Bertz CT molecular complexity index is 1380. The van der Waals surface area contributed by atoms with Crippen LogP contribution in [0.3, 0.4) is 0 Å². The van der Waals surface area contributed by atoms with Gasteiger partial charge in [-0.25, -0.2) is 8.78 Å². The van der Waals surface area contributed by atoms with E-state index in [1.54, 1.807) is 6.07 Å². The van der Waals surface area contributed by atoms with E-state index in [-0.39, 0.29) is 34.0 Å². The smallest absolute Gasteiger partial charge is 0.237 e. The van der Waals surface area contributed by atoms with Gasteiger partial charge in [-0.15, -0.1) is 0 Å². The number of nitrogens with zero attached hydrogens (tertiary/aromatic N) is 2. The largest absolute Gasteiger partial charge is 0.381 e. The second-order valence-corrected chi connectivity index (χ2v) is 13.8. The molecule has 3 aliphatic rings. The van der Waals surface area contributed by atoms with Gasteiger partial charge in [0.2, 0.25) is 11.8 Å². The predicted molar refractivity (Wildman–Crippen MR) is 163 cm³/mol. The zero-order valence-electron chi connectivity index (χ0n) is 24.7. The zero-order valence-corrected chi connectivity index (χ0v) is 26.2. The number of hydrogen-bond donors (Lipinski definition) is 4. The molecule has 4 N–H and O–H groups in total. The summed E-state index contributed by atoms with van der Waals surface area (Å²) < 4.78 is 29.4. The fraction of sp³-hybridized carbons (Fsp3) is 0.548. The van der Waals surface area contributed by atoms with Gasteiger partial charge >= 0.3 is 0 Å². The number of halogens is 4. The predicted octanol–water partition coefficient (Wildman–Crippen LogP) is 4.10. The molecule has 0 unspecified atom stereocenters. The Morgan fingerprint density at radius 3 is 2.40 bits per heavy atom. The number of amides is 2. The molecule has 1 spiro atoms. The Kier molecular flexibility index (Phi) is 9.38. The normalized spacial score (nSPS) is 26.1. The molecule has 3 heterocycles. The molecule has 5 rings (SSSR count). The molecule has 3 aliphatic heterocycles. The van der Waals surface area contributed by atoms with Gasteiger partial charge in [-0.3, -0.25) is 14.5 Å². The third-order valence-electron chi connectivity index (χ3n) is 8.90. The molecule has 4 atom stereocenters. The van der Waals surface area contributed by atoms with Gasteiger partial charge in [-0.2, -0.15) is 0 Å². The number of rotatable bonds is 8. The molecule has 2 aromatic rings. The molecule has 234 valence electrons. The van der Waals surface area contributed by atoms with Crippen LogP contribution in [0.5, 0.6) is 0 Å². The van der Waals surface area contributed by atoms with Crippen LogP contribution in [0.25, 0.3) is 0 Å². The van der Waals surface area contributed by atoms with E-state index >= 15 is 4.39 Å². The average Bonchev–Trinajstić information content (AvgIpc) is 3.42. The molecule has 12 heteroatoms. The van der Waals surface area contributed by atoms with Crippen molar-refractivity contribution in [3.8, 4) is 0 Å². The van der Waals surface area contributed by atoms with Crippen LogP contribution >= 0.6 is 23.2 Å². The number of aliphatic hydroxyl groups excluding tert-OH is 1. The molecule has 0 aliphatic carbocycles. The van der Waals surface area contributed by atoms with Crippen molar-refractivity contribution in [2.24, 2.45) is 5.41 Å². The summed E-state index contributed by atoms with van der Waals surface area (Å²) in [6, 6.07) is 5.44. The summed E-state index contributed by atoms with van der Waals surface area (Å²) in [6.07, 6.45) is 1.20. The number of piperazine rings is 1. The highest BCUT2D eigenvalue weighted by molar-refractivity contribution is 6.31. The zero-order chi connectivity index (χ0) is 31.1. The van der Waals surface area contributed by atoms with Gasteiger partial charge in [0.25, 0.3) is 0 Å². The van der Waals surface area contributed by atoms with Gasteiger partial charge in [-0.1, -0.05) is 50.0 Å². The highest BCUT2D eigenvalue weighted by Gasteiger charge is 2.66. The number of aliphatic hydroxyl groups is 1. The monoisotopic (exact) mass is 637 g/mol. The van der Waals surface area contributed by atoms with Crippen LogP contribution in [0.15, 0.2) is 30.3 Å². The van der Waals surface area contributed by atoms with Crippen LogP contribution in [-0.2, 0) is 15.0 Å². The highest BCUT2D eigenvalue weighted by atomic mass is 35.5. The van der Waals surface area contributed by atoms with Crippen molar-refractivity contribution in [1.82, 2.24) is 20.4 Å². The van der Waals surface area contributed by atoms with Gasteiger partial charge in [0.15, 0.2) is 0 Å². The lowest BCUT2D eigenvalue weighted by Gasteiger charge is -2.37. The fourth-order valence-electron chi connectivity index (χ4n) is 6.92.